The fourth-order valence-electron chi connectivity index (χ4n) is 3.78. The van der Waals surface area contributed by atoms with Crippen molar-refractivity contribution in [2.24, 2.45) is 5.92 Å². The molecule has 28 heavy (non-hydrogen) atoms. The van der Waals surface area contributed by atoms with E-state index >= 15 is 0 Å². The van der Waals surface area contributed by atoms with E-state index in [9.17, 15) is 9.59 Å². The number of benzene rings is 1. The number of amides is 2. The Morgan fingerprint density at radius 1 is 0.929 bits per heavy atom. The Balaban J connectivity index is 1.43. The Hall–Kier alpha value is -1.92. The van der Waals surface area contributed by atoms with E-state index in [-0.39, 0.29) is 23.9 Å². The minimum absolute atomic E-state index is 0.0755. The highest BCUT2D eigenvalue weighted by Gasteiger charge is 2.33. The van der Waals surface area contributed by atoms with Gasteiger partial charge in [0.2, 0.25) is 11.8 Å². The summed E-state index contributed by atoms with van der Waals surface area (Å²) in [5.74, 6) is 0.748. The van der Waals surface area contributed by atoms with Crippen LogP contribution in [0.5, 0.6) is 0 Å². The lowest BCUT2D eigenvalue weighted by Crippen LogP contribution is -2.52. The summed E-state index contributed by atoms with van der Waals surface area (Å²) in [5, 5.41) is 6.20. The van der Waals surface area contributed by atoms with Crippen LogP contribution in [0.3, 0.4) is 0 Å². The third kappa shape index (κ3) is 6.31. The highest BCUT2D eigenvalue weighted by Crippen LogP contribution is 2.41. The molecule has 1 saturated heterocycles. The maximum Gasteiger partial charge on any atom is 0.234 e. The van der Waals surface area contributed by atoms with Gasteiger partial charge in [-0.1, -0.05) is 29.8 Å². The fourth-order valence-corrected chi connectivity index (χ4v) is 3.78. The second-order valence-electron chi connectivity index (χ2n) is 8.57. The van der Waals surface area contributed by atoms with Crippen molar-refractivity contribution in [2.45, 2.75) is 45.7 Å². The lowest BCUT2D eigenvalue weighted by molar-refractivity contribution is -0.125. The molecule has 2 amide bonds. The summed E-state index contributed by atoms with van der Waals surface area (Å²) in [4.78, 5) is 28.9. The molecule has 0 radical (unpaired) electrons. The summed E-state index contributed by atoms with van der Waals surface area (Å²) in [6, 6.07) is 8.82. The van der Waals surface area contributed by atoms with Gasteiger partial charge in [-0.2, -0.15) is 0 Å². The van der Waals surface area contributed by atoms with Crippen LogP contribution < -0.4 is 10.6 Å². The number of hydrogen-bond acceptors (Lipinski definition) is 4. The normalized spacial score (nSPS) is 19.4. The van der Waals surface area contributed by atoms with Gasteiger partial charge in [0.25, 0.3) is 0 Å². The van der Waals surface area contributed by atoms with Gasteiger partial charge in [-0.3, -0.25) is 19.4 Å². The van der Waals surface area contributed by atoms with Crippen molar-refractivity contribution < 1.29 is 9.59 Å². The van der Waals surface area contributed by atoms with Gasteiger partial charge in [0.1, 0.15) is 0 Å². The zero-order valence-corrected chi connectivity index (χ0v) is 17.4. The molecule has 1 aliphatic carbocycles. The topological polar surface area (TPSA) is 64.7 Å². The maximum atomic E-state index is 12.6. The molecule has 2 fully saturated rings. The van der Waals surface area contributed by atoms with Crippen LogP contribution in [0.25, 0.3) is 0 Å². The number of nitrogens with zero attached hydrogens (tertiary/aromatic N) is 2. The van der Waals surface area contributed by atoms with Crippen molar-refractivity contribution in [1.82, 2.24) is 20.4 Å². The van der Waals surface area contributed by atoms with Crippen molar-refractivity contribution in [3.8, 4) is 0 Å². The van der Waals surface area contributed by atoms with E-state index in [0.717, 1.165) is 26.2 Å². The Bertz CT molecular complexity index is 662. The van der Waals surface area contributed by atoms with Crippen LogP contribution in [0, 0.1) is 12.8 Å². The van der Waals surface area contributed by atoms with Gasteiger partial charge in [0.05, 0.1) is 19.1 Å². The summed E-state index contributed by atoms with van der Waals surface area (Å²) in [7, 11) is 0. The Morgan fingerprint density at radius 3 is 1.89 bits per heavy atom. The lowest BCUT2D eigenvalue weighted by Gasteiger charge is -2.34. The smallest absolute Gasteiger partial charge is 0.234 e. The number of carbonyl (C=O) groups excluding carboxylic acids is 2. The van der Waals surface area contributed by atoms with Gasteiger partial charge >= 0.3 is 0 Å². The molecule has 0 bridgehead atoms. The summed E-state index contributed by atoms with van der Waals surface area (Å²) >= 11 is 0. The second-order valence-corrected chi connectivity index (χ2v) is 8.57. The Labute approximate surface area is 168 Å². The largest absolute Gasteiger partial charge is 0.353 e. The van der Waals surface area contributed by atoms with Crippen LogP contribution in [0.1, 0.15) is 43.9 Å². The summed E-state index contributed by atoms with van der Waals surface area (Å²) < 4.78 is 0. The molecular formula is C22H34N4O2. The molecule has 1 saturated carbocycles. The van der Waals surface area contributed by atoms with Gasteiger partial charge in [-0.05, 0) is 45.1 Å². The molecule has 154 valence electrons. The minimum atomic E-state index is 0.0755. The van der Waals surface area contributed by atoms with Crippen molar-refractivity contribution in [3.63, 3.8) is 0 Å². The third-order valence-corrected chi connectivity index (χ3v) is 5.50. The van der Waals surface area contributed by atoms with E-state index in [2.05, 4.69) is 51.6 Å². The number of aryl methyl sites for hydroxylation is 1. The molecule has 0 aromatic heterocycles. The summed E-state index contributed by atoms with van der Waals surface area (Å²) in [6.07, 6.45) is 2.38. The number of nitrogens with one attached hydrogen (secondary N) is 2. The monoisotopic (exact) mass is 386 g/mol. The highest BCUT2D eigenvalue weighted by atomic mass is 16.2. The SMILES string of the molecule is Cc1ccc(C(NC(=O)CN2CCN(CC(=O)NC(C)C)CC2)C2CC2)cc1. The standard InChI is InChI=1S/C22H34N4O2/c1-16(2)23-20(27)14-25-10-12-26(13-11-25)15-21(28)24-22(19-8-9-19)18-6-4-17(3)5-7-18/h4-7,16,19,22H,8-15H2,1-3H3,(H,23,27)(H,24,28). The first kappa shape index (κ1) is 20.8. The number of rotatable bonds is 8. The van der Waals surface area contributed by atoms with Crippen molar-refractivity contribution >= 4 is 11.8 Å². The molecule has 6 nitrogen and oxygen atoms in total. The molecule has 1 unspecified atom stereocenters. The first-order valence-corrected chi connectivity index (χ1v) is 10.5. The minimum Gasteiger partial charge on any atom is -0.353 e. The van der Waals surface area contributed by atoms with Crippen LogP contribution in [0.15, 0.2) is 24.3 Å². The van der Waals surface area contributed by atoms with Crippen molar-refractivity contribution in [2.75, 3.05) is 39.3 Å². The zero-order valence-electron chi connectivity index (χ0n) is 17.4. The van der Waals surface area contributed by atoms with Gasteiger partial charge in [0.15, 0.2) is 0 Å². The summed E-state index contributed by atoms with van der Waals surface area (Å²) in [5.41, 5.74) is 2.45. The van der Waals surface area contributed by atoms with Crippen LogP contribution >= 0.6 is 0 Å². The second kappa shape index (κ2) is 9.52. The highest BCUT2D eigenvalue weighted by molar-refractivity contribution is 5.79. The van der Waals surface area contributed by atoms with E-state index in [1.807, 2.05) is 13.8 Å². The lowest BCUT2D eigenvalue weighted by atomic mass is 10.0. The molecule has 0 spiro atoms. The predicted octanol–water partition coefficient (Wildman–Crippen LogP) is 1.70. The molecule has 1 heterocycles. The first-order valence-electron chi connectivity index (χ1n) is 10.5. The van der Waals surface area contributed by atoms with E-state index in [4.69, 9.17) is 0 Å². The van der Waals surface area contributed by atoms with Crippen LogP contribution in [-0.4, -0.2) is 66.9 Å². The third-order valence-electron chi connectivity index (χ3n) is 5.50. The number of piperazine rings is 1. The van der Waals surface area contributed by atoms with Crippen LogP contribution in [-0.2, 0) is 9.59 Å². The van der Waals surface area contributed by atoms with Gasteiger partial charge in [-0.15, -0.1) is 0 Å². The molecule has 3 rings (SSSR count). The van der Waals surface area contributed by atoms with Crippen molar-refractivity contribution in [1.29, 1.82) is 0 Å². The van der Waals surface area contributed by atoms with Gasteiger partial charge in [-0.25, -0.2) is 0 Å². The summed E-state index contributed by atoms with van der Waals surface area (Å²) in [6.45, 7) is 10.2. The van der Waals surface area contributed by atoms with E-state index < -0.39 is 0 Å². The number of hydrogen-bond donors (Lipinski definition) is 2. The van der Waals surface area contributed by atoms with E-state index in [0.29, 0.717) is 19.0 Å². The molecular weight excluding hydrogens is 352 g/mol. The first-order chi connectivity index (χ1) is 13.4. The quantitative estimate of drug-likeness (QED) is 0.714. The predicted molar refractivity (Wildman–Crippen MR) is 111 cm³/mol. The molecule has 1 aromatic carbocycles. The molecule has 1 aromatic rings. The fraction of sp³-hybridized carbons (Fsp3) is 0.636. The van der Waals surface area contributed by atoms with E-state index in [1.165, 1.54) is 24.0 Å². The molecule has 1 atom stereocenters. The number of carbonyl (C=O) groups is 2. The average Bonchev–Trinajstić information content (AvgIpc) is 3.46. The average molecular weight is 387 g/mol. The Kier molecular flexibility index (Phi) is 7.08. The van der Waals surface area contributed by atoms with Crippen LogP contribution in [0.4, 0.5) is 0 Å². The molecule has 6 heteroatoms. The van der Waals surface area contributed by atoms with Crippen molar-refractivity contribution in [3.05, 3.63) is 35.4 Å². The zero-order chi connectivity index (χ0) is 20.1. The molecule has 2 N–H and O–H groups in total. The Morgan fingerprint density at radius 2 is 1.43 bits per heavy atom. The molecule has 1 aliphatic heterocycles. The molecule has 2 aliphatic rings. The maximum absolute atomic E-state index is 12.6. The van der Waals surface area contributed by atoms with Gasteiger partial charge in [0, 0.05) is 32.2 Å². The van der Waals surface area contributed by atoms with Crippen LogP contribution in [0.2, 0.25) is 0 Å². The van der Waals surface area contributed by atoms with Gasteiger partial charge < -0.3 is 10.6 Å². The van der Waals surface area contributed by atoms with E-state index in [1.54, 1.807) is 0 Å².